The highest BCUT2D eigenvalue weighted by molar-refractivity contribution is 7.15. The summed E-state index contributed by atoms with van der Waals surface area (Å²) in [6.45, 7) is 3.73. The van der Waals surface area contributed by atoms with E-state index in [9.17, 15) is 4.79 Å². The number of aryl methyl sites for hydroxylation is 1. The molecule has 0 N–H and O–H groups in total. The Kier molecular flexibility index (Phi) is 4.76. The van der Waals surface area contributed by atoms with E-state index < -0.39 is 0 Å². The Bertz CT molecular complexity index is 447. The molecule has 1 aliphatic rings. The van der Waals surface area contributed by atoms with Crippen LogP contribution >= 0.6 is 11.3 Å². The third-order valence-electron chi connectivity index (χ3n) is 3.23. The first-order valence-electron chi connectivity index (χ1n) is 6.53. The molecule has 5 nitrogen and oxygen atoms in total. The summed E-state index contributed by atoms with van der Waals surface area (Å²) >= 11 is 1.67. The van der Waals surface area contributed by atoms with Gasteiger partial charge < -0.3 is 14.4 Å². The molecule has 0 fully saturated rings. The predicted molar refractivity (Wildman–Crippen MR) is 75.0 cm³/mol. The van der Waals surface area contributed by atoms with E-state index in [0.717, 1.165) is 30.2 Å². The van der Waals surface area contributed by atoms with Gasteiger partial charge in [-0.2, -0.15) is 0 Å². The van der Waals surface area contributed by atoms with Crippen molar-refractivity contribution in [1.82, 2.24) is 4.98 Å². The van der Waals surface area contributed by atoms with Crippen LogP contribution in [0, 0.1) is 0 Å². The van der Waals surface area contributed by atoms with Gasteiger partial charge in [0.15, 0.2) is 5.13 Å². The van der Waals surface area contributed by atoms with Crippen LogP contribution in [0.25, 0.3) is 0 Å². The minimum atomic E-state index is -0.171. The Labute approximate surface area is 117 Å². The minimum Gasteiger partial charge on any atom is -0.465 e. The second-order valence-corrected chi connectivity index (χ2v) is 5.62. The molecule has 1 aromatic heterocycles. The minimum absolute atomic E-state index is 0.141. The number of nitrogens with zero attached hydrogens (tertiary/aromatic N) is 2. The molecule has 1 heterocycles. The number of hydrogen-bond donors (Lipinski definition) is 0. The van der Waals surface area contributed by atoms with Gasteiger partial charge in [-0.1, -0.05) is 0 Å². The maximum atomic E-state index is 11.9. The number of thiazole rings is 1. The summed E-state index contributed by atoms with van der Waals surface area (Å²) in [7, 11) is 3.68. The summed E-state index contributed by atoms with van der Waals surface area (Å²) in [5.74, 6) is -0.312. The van der Waals surface area contributed by atoms with Gasteiger partial charge in [-0.3, -0.25) is 4.79 Å². The summed E-state index contributed by atoms with van der Waals surface area (Å²) in [5.41, 5.74) is 0.919. The second-order valence-electron chi connectivity index (χ2n) is 4.56. The van der Waals surface area contributed by atoms with E-state index >= 15 is 0 Å². The number of aromatic nitrogens is 1. The Morgan fingerprint density at radius 2 is 2.37 bits per heavy atom. The lowest BCUT2D eigenvalue weighted by molar-refractivity contribution is -0.145. The molecule has 0 saturated heterocycles. The number of hydrogen-bond acceptors (Lipinski definition) is 6. The summed E-state index contributed by atoms with van der Waals surface area (Å²) in [6.07, 6.45) is 1.75. The molecule has 1 aliphatic carbocycles. The quantitative estimate of drug-likeness (QED) is 0.746. The fourth-order valence-corrected chi connectivity index (χ4v) is 3.30. The molecule has 1 aromatic rings. The van der Waals surface area contributed by atoms with Gasteiger partial charge in [-0.05, 0) is 19.8 Å². The van der Waals surface area contributed by atoms with Crippen molar-refractivity contribution >= 4 is 22.4 Å². The van der Waals surface area contributed by atoms with E-state index in [2.05, 4.69) is 9.88 Å². The van der Waals surface area contributed by atoms with E-state index in [1.54, 1.807) is 18.4 Å². The molecule has 0 aliphatic heterocycles. The van der Waals surface area contributed by atoms with Crippen molar-refractivity contribution < 1.29 is 14.3 Å². The SMILES string of the molecule is CCOC(=O)C1CCc2sc(N(C)CCOC)nc21. The average Bonchev–Trinajstić information content (AvgIpc) is 2.95. The number of fused-ring (bicyclic) bond motifs is 1. The maximum Gasteiger partial charge on any atom is 0.315 e. The van der Waals surface area contributed by atoms with Crippen LogP contribution in [0.1, 0.15) is 29.8 Å². The van der Waals surface area contributed by atoms with Crippen LogP contribution < -0.4 is 4.90 Å². The molecule has 0 bridgehead atoms. The van der Waals surface area contributed by atoms with Gasteiger partial charge in [0.1, 0.15) is 5.92 Å². The molecule has 0 amide bonds. The van der Waals surface area contributed by atoms with Crippen molar-refractivity contribution in [2.24, 2.45) is 0 Å². The number of carbonyl (C=O) groups excluding carboxylic acids is 1. The van der Waals surface area contributed by atoms with Crippen molar-refractivity contribution in [3.8, 4) is 0 Å². The molecular weight excluding hydrogens is 264 g/mol. The van der Waals surface area contributed by atoms with Gasteiger partial charge >= 0.3 is 5.97 Å². The average molecular weight is 284 g/mol. The molecule has 2 rings (SSSR count). The first kappa shape index (κ1) is 14.3. The summed E-state index contributed by atoms with van der Waals surface area (Å²) < 4.78 is 10.2. The van der Waals surface area contributed by atoms with Gasteiger partial charge in [0, 0.05) is 25.6 Å². The van der Waals surface area contributed by atoms with Gasteiger partial charge in [0.25, 0.3) is 0 Å². The molecular formula is C13H20N2O3S. The van der Waals surface area contributed by atoms with E-state index in [4.69, 9.17) is 9.47 Å². The van der Waals surface area contributed by atoms with Gasteiger partial charge in [0.05, 0.1) is 18.9 Å². The molecule has 6 heteroatoms. The second kappa shape index (κ2) is 6.34. The Hall–Kier alpha value is -1.14. The molecule has 106 valence electrons. The molecule has 0 aromatic carbocycles. The third-order valence-corrected chi connectivity index (χ3v) is 4.48. The number of esters is 1. The summed E-state index contributed by atoms with van der Waals surface area (Å²) in [4.78, 5) is 19.8. The van der Waals surface area contributed by atoms with Crippen molar-refractivity contribution in [2.75, 3.05) is 38.8 Å². The number of rotatable bonds is 6. The van der Waals surface area contributed by atoms with E-state index in [1.807, 2.05) is 14.0 Å². The van der Waals surface area contributed by atoms with Crippen LogP contribution in [-0.2, 0) is 20.7 Å². The third kappa shape index (κ3) is 3.06. The molecule has 0 spiro atoms. The normalized spacial score (nSPS) is 17.3. The van der Waals surface area contributed by atoms with E-state index in [0.29, 0.717) is 13.2 Å². The van der Waals surface area contributed by atoms with Crippen molar-refractivity contribution in [1.29, 1.82) is 0 Å². The molecule has 0 saturated carbocycles. The van der Waals surface area contributed by atoms with Crippen molar-refractivity contribution in [2.45, 2.75) is 25.7 Å². The van der Waals surface area contributed by atoms with Crippen LogP contribution in [0.5, 0.6) is 0 Å². The number of anilines is 1. The monoisotopic (exact) mass is 284 g/mol. The zero-order valence-electron chi connectivity index (χ0n) is 11.6. The molecule has 1 atom stereocenters. The Morgan fingerprint density at radius 1 is 1.58 bits per heavy atom. The zero-order chi connectivity index (χ0) is 13.8. The van der Waals surface area contributed by atoms with Crippen LogP contribution in [-0.4, -0.2) is 44.9 Å². The first-order valence-corrected chi connectivity index (χ1v) is 7.35. The predicted octanol–water partition coefficient (Wildman–Crippen LogP) is 1.82. The fraction of sp³-hybridized carbons (Fsp3) is 0.692. The van der Waals surface area contributed by atoms with Crippen molar-refractivity contribution in [3.05, 3.63) is 10.6 Å². The lowest BCUT2D eigenvalue weighted by Gasteiger charge is -2.15. The highest BCUT2D eigenvalue weighted by Gasteiger charge is 2.33. The van der Waals surface area contributed by atoms with Gasteiger partial charge in [-0.25, -0.2) is 4.98 Å². The van der Waals surface area contributed by atoms with Crippen LogP contribution in [0.15, 0.2) is 0 Å². The van der Waals surface area contributed by atoms with Crippen LogP contribution in [0.2, 0.25) is 0 Å². The first-order chi connectivity index (χ1) is 9.17. The topological polar surface area (TPSA) is 51.7 Å². The highest BCUT2D eigenvalue weighted by atomic mass is 32.1. The lowest BCUT2D eigenvalue weighted by Crippen LogP contribution is -2.22. The molecule has 19 heavy (non-hydrogen) atoms. The highest BCUT2D eigenvalue weighted by Crippen LogP contribution is 2.39. The van der Waals surface area contributed by atoms with Crippen molar-refractivity contribution in [3.63, 3.8) is 0 Å². The van der Waals surface area contributed by atoms with Gasteiger partial charge in [-0.15, -0.1) is 11.3 Å². The molecule has 1 unspecified atom stereocenters. The fourth-order valence-electron chi connectivity index (χ4n) is 2.17. The molecule has 0 radical (unpaired) electrons. The smallest absolute Gasteiger partial charge is 0.315 e. The maximum absolute atomic E-state index is 11.9. The number of methoxy groups -OCH3 is 1. The number of carbonyl (C=O) groups is 1. The largest absolute Gasteiger partial charge is 0.465 e. The zero-order valence-corrected chi connectivity index (χ0v) is 12.5. The van der Waals surface area contributed by atoms with E-state index in [-0.39, 0.29) is 11.9 Å². The standard InChI is InChI=1S/C13H20N2O3S/c1-4-18-12(16)9-5-6-10-11(9)14-13(19-10)15(2)7-8-17-3/h9H,4-8H2,1-3H3. The number of ether oxygens (including phenoxy) is 2. The summed E-state index contributed by atoms with van der Waals surface area (Å²) in [6, 6.07) is 0. The van der Waals surface area contributed by atoms with Crippen LogP contribution in [0.3, 0.4) is 0 Å². The van der Waals surface area contributed by atoms with Crippen LogP contribution in [0.4, 0.5) is 5.13 Å². The Balaban J connectivity index is 2.09. The lowest BCUT2D eigenvalue weighted by atomic mass is 10.1. The van der Waals surface area contributed by atoms with Gasteiger partial charge in [0.2, 0.25) is 0 Å². The van der Waals surface area contributed by atoms with E-state index in [1.165, 1.54) is 4.88 Å². The number of likely N-dealkylation sites (N-methyl/N-ethyl adjacent to an activating group) is 1. The Morgan fingerprint density at radius 3 is 3.05 bits per heavy atom. The summed E-state index contributed by atoms with van der Waals surface area (Å²) in [5, 5.41) is 0.955.